The number of rotatable bonds is 3. The third-order valence-corrected chi connectivity index (χ3v) is 2.13. The van der Waals surface area contributed by atoms with Gasteiger partial charge in [0, 0.05) is 17.9 Å². The molecule has 0 aromatic carbocycles. The van der Waals surface area contributed by atoms with Gasteiger partial charge in [0.15, 0.2) is 0 Å². The second kappa shape index (κ2) is 4.89. The average molecular weight is 208 g/mol. The van der Waals surface area contributed by atoms with Crippen molar-refractivity contribution in [3.63, 3.8) is 0 Å². The van der Waals surface area contributed by atoms with Crippen molar-refractivity contribution in [1.82, 2.24) is 4.98 Å². The summed E-state index contributed by atoms with van der Waals surface area (Å²) in [7, 11) is 0. The quantitative estimate of drug-likeness (QED) is 0.776. The Morgan fingerprint density at radius 2 is 2.36 bits per heavy atom. The van der Waals surface area contributed by atoms with Crippen LogP contribution in [-0.2, 0) is 11.3 Å². The fourth-order valence-electron chi connectivity index (χ4n) is 1.21. The highest BCUT2D eigenvalue weighted by molar-refractivity contribution is 7.71. The number of H-pyrrole nitrogens is 1. The van der Waals surface area contributed by atoms with Gasteiger partial charge in [0.05, 0.1) is 12.2 Å². The molecule has 0 unspecified atom stereocenters. The predicted octanol–water partition coefficient (Wildman–Crippen LogP) is 2.46. The Hall–Kier alpha value is -1.18. The highest BCUT2D eigenvalue weighted by atomic mass is 32.1. The first-order chi connectivity index (χ1) is 6.69. The summed E-state index contributed by atoms with van der Waals surface area (Å²) in [5.74, 6) is 0. The van der Waals surface area contributed by atoms with E-state index >= 15 is 0 Å². The lowest BCUT2D eigenvalue weighted by Crippen LogP contribution is -1.99. The minimum atomic E-state index is 0.443. The van der Waals surface area contributed by atoms with Crippen LogP contribution in [0.3, 0.4) is 0 Å². The van der Waals surface area contributed by atoms with Gasteiger partial charge in [-0.25, -0.2) is 0 Å². The Morgan fingerprint density at radius 1 is 1.64 bits per heavy atom. The lowest BCUT2D eigenvalue weighted by molar-refractivity contribution is 0.134. The van der Waals surface area contributed by atoms with Crippen LogP contribution in [0.5, 0.6) is 0 Å². The number of hydrogen-bond acceptors (Lipinski definition) is 3. The summed E-state index contributed by atoms with van der Waals surface area (Å²) in [6, 6.07) is 3.98. The van der Waals surface area contributed by atoms with E-state index in [4.69, 9.17) is 22.2 Å². The Kier molecular flexibility index (Phi) is 3.81. The molecule has 0 fully saturated rings. The van der Waals surface area contributed by atoms with Crippen LogP contribution >= 0.6 is 12.2 Å². The van der Waals surface area contributed by atoms with Crippen LogP contribution in [-0.4, -0.2) is 11.6 Å². The molecular weight excluding hydrogens is 196 g/mol. The lowest BCUT2D eigenvalue weighted by atomic mass is 10.1. The maximum absolute atomic E-state index is 8.90. The van der Waals surface area contributed by atoms with Gasteiger partial charge < -0.3 is 9.72 Å². The number of nitriles is 1. The standard InChI is InChI=1S/C10H12N2OS/c1-3-13-6-8-4-7(2)12-10(14)9(8)5-11/h4H,3,6H2,1-2H3,(H,12,14). The second-order valence-electron chi connectivity index (χ2n) is 2.93. The van der Waals surface area contributed by atoms with Crippen LogP contribution in [0.25, 0.3) is 0 Å². The van der Waals surface area contributed by atoms with Crippen LogP contribution in [0.15, 0.2) is 6.07 Å². The van der Waals surface area contributed by atoms with Crippen molar-refractivity contribution in [2.24, 2.45) is 0 Å². The molecule has 4 heteroatoms. The van der Waals surface area contributed by atoms with E-state index in [-0.39, 0.29) is 0 Å². The van der Waals surface area contributed by atoms with Crippen LogP contribution in [0.4, 0.5) is 0 Å². The number of nitrogens with zero attached hydrogens (tertiary/aromatic N) is 1. The number of aryl methyl sites for hydroxylation is 1. The molecule has 14 heavy (non-hydrogen) atoms. The fourth-order valence-corrected chi connectivity index (χ4v) is 1.54. The zero-order chi connectivity index (χ0) is 10.6. The van der Waals surface area contributed by atoms with Gasteiger partial charge in [-0.1, -0.05) is 12.2 Å². The Bertz CT molecular complexity index is 417. The maximum atomic E-state index is 8.90. The summed E-state index contributed by atoms with van der Waals surface area (Å²) in [5.41, 5.74) is 2.32. The Morgan fingerprint density at radius 3 is 2.93 bits per heavy atom. The summed E-state index contributed by atoms with van der Waals surface area (Å²) >= 11 is 5.04. The van der Waals surface area contributed by atoms with Gasteiger partial charge in [-0.15, -0.1) is 0 Å². The molecule has 1 aromatic heterocycles. The minimum absolute atomic E-state index is 0.443. The van der Waals surface area contributed by atoms with E-state index in [0.29, 0.717) is 23.4 Å². The molecule has 0 amide bonds. The molecule has 0 aliphatic carbocycles. The van der Waals surface area contributed by atoms with Crippen molar-refractivity contribution >= 4 is 12.2 Å². The summed E-state index contributed by atoms with van der Waals surface area (Å²) in [5, 5.41) is 8.90. The van der Waals surface area contributed by atoms with Crippen LogP contribution in [0.1, 0.15) is 23.7 Å². The smallest absolute Gasteiger partial charge is 0.121 e. The first-order valence-electron chi connectivity index (χ1n) is 4.39. The molecule has 0 bridgehead atoms. The molecular formula is C10H12N2OS. The monoisotopic (exact) mass is 208 g/mol. The fraction of sp³-hybridized carbons (Fsp3) is 0.400. The molecule has 0 saturated heterocycles. The zero-order valence-electron chi connectivity index (χ0n) is 8.26. The maximum Gasteiger partial charge on any atom is 0.121 e. The second-order valence-corrected chi connectivity index (χ2v) is 3.34. The number of aromatic amines is 1. The molecule has 0 aliphatic rings. The van der Waals surface area contributed by atoms with Gasteiger partial charge in [-0.05, 0) is 19.9 Å². The molecule has 0 spiro atoms. The van der Waals surface area contributed by atoms with E-state index in [2.05, 4.69) is 11.1 Å². The third kappa shape index (κ3) is 2.41. The summed E-state index contributed by atoms with van der Waals surface area (Å²) < 4.78 is 5.75. The van der Waals surface area contributed by atoms with Crippen molar-refractivity contribution in [2.45, 2.75) is 20.5 Å². The summed E-state index contributed by atoms with van der Waals surface area (Å²) in [6.07, 6.45) is 0. The molecule has 0 atom stereocenters. The minimum Gasteiger partial charge on any atom is -0.377 e. The molecule has 1 rings (SSSR count). The van der Waals surface area contributed by atoms with Crippen molar-refractivity contribution in [3.8, 4) is 6.07 Å². The highest BCUT2D eigenvalue weighted by Gasteiger charge is 2.04. The Labute approximate surface area is 88.3 Å². The van der Waals surface area contributed by atoms with Crippen molar-refractivity contribution < 1.29 is 4.74 Å². The molecule has 74 valence electrons. The number of nitrogens with one attached hydrogen (secondary N) is 1. The van der Waals surface area contributed by atoms with Gasteiger partial charge >= 0.3 is 0 Å². The zero-order valence-corrected chi connectivity index (χ0v) is 9.07. The number of ether oxygens (including phenoxy) is 1. The highest BCUT2D eigenvalue weighted by Crippen LogP contribution is 2.11. The van der Waals surface area contributed by atoms with Crippen molar-refractivity contribution in [1.29, 1.82) is 5.26 Å². The van der Waals surface area contributed by atoms with E-state index in [1.807, 2.05) is 19.9 Å². The number of aromatic nitrogens is 1. The van der Waals surface area contributed by atoms with E-state index in [9.17, 15) is 0 Å². The van der Waals surface area contributed by atoms with E-state index in [1.54, 1.807) is 0 Å². The number of hydrogen-bond donors (Lipinski definition) is 1. The van der Waals surface area contributed by atoms with E-state index < -0.39 is 0 Å². The van der Waals surface area contributed by atoms with Gasteiger partial charge in [-0.2, -0.15) is 5.26 Å². The van der Waals surface area contributed by atoms with E-state index in [0.717, 1.165) is 11.3 Å². The van der Waals surface area contributed by atoms with Gasteiger partial charge in [0.25, 0.3) is 0 Å². The lowest BCUT2D eigenvalue weighted by Gasteiger charge is -2.05. The van der Waals surface area contributed by atoms with Crippen molar-refractivity contribution in [3.05, 3.63) is 27.5 Å². The first-order valence-corrected chi connectivity index (χ1v) is 4.80. The number of pyridine rings is 1. The summed E-state index contributed by atoms with van der Waals surface area (Å²) in [6.45, 7) is 4.91. The normalized spacial score (nSPS) is 9.79. The third-order valence-electron chi connectivity index (χ3n) is 1.82. The van der Waals surface area contributed by atoms with Gasteiger partial charge in [0.1, 0.15) is 10.7 Å². The average Bonchev–Trinajstić information content (AvgIpc) is 2.14. The molecule has 3 nitrogen and oxygen atoms in total. The molecule has 0 radical (unpaired) electrons. The first kappa shape index (κ1) is 10.9. The molecule has 0 saturated carbocycles. The van der Waals surface area contributed by atoms with Crippen LogP contribution in [0.2, 0.25) is 0 Å². The van der Waals surface area contributed by atoms with Crippen LogP contribution < -0.4 is 0 Å². The predicted molar refractivity (Wildman–Crippen MR) is 56.4 cm³/mol. The molecule has 1 aromatic rings. The Balaban J connectivity index is 3.13. The largest absolute Gasteiger partial charge is 0.377 e. The topological polar surface area (TPSA) is 48.8 Å². The SMILES string of the molecule is CCOCc1cc(C)[nH]c(=S)c1C#N. The molecule has 1 N–H and O–H groups in total. The van der Waals surface area contributed by atoms with Gasteiger partial charge in [0.2, 0.25) is 0 Å². The van der Waals surface area contributed by atoms with Gasteiger partial charge in [-0.3, -0.25) is 0 Å². The van der Waals surface area contributed by atoms with E-state index in [1.165, 1.54) is 0 Å². The molecule has 1 heterocycles. The van der Waals surface area contributed by atoms with Crippen LogP contribution in [0, 0.1) is 22.9 Å². The van der Waals surface area contributed by atoms with Crippen molar-refractivity contribution in [2.75, 3.05) is 6.61 Å². The molecule has 0 aliphatic heterocycles. The summed E-state index contributed by atoms with van der Waals surface area (Å²) in [4.78, 5) is 2.94.